The van der Waals surface area contributed by atoms with Crippen molar-refractivity contribution in [3.8, 4) is 5.88 Å². The zero-order valence-electron chi connectivity index (χ0n) is 12.2. The van der Waals surface area contributed by atoms with Crippen molar-refractivity contribution in [2.75, 3.05) is 13.7 Å². The molecule has 0 aromatic carbocycles. The standard InChI is InChI=1S/C14H25N3O/c1-6-15-11(7-8-14(2,3)4)12-13(18-5)17-10-9-16-12/h9-11,15H,6-8H2,1-5H3. The summed E-state index contributed by atoms with van der Waals surface area (Å²) < 4.78 is 5.29. The van der Waals surface area contributed by atoms with Gasteiger partial charge in [0.25, 0.3) is 0 Å². The maximum Gasteiger partial charge on any atom is 0.236 e. The van der Waals surface area contributed by atoms with Gasteiger partial charge in [-0.05, 0) is 24.8 Å². The highest BCUT2D eigenvalue weighted by atomic mass is 16.5. The van der Waals surface area contributed by atoms with E-state index in [1.54, 1.807) is 19.5 Å². The second-order valence-corrected chi connectivity index (χ2v) is 5.66. The predicted molar refractivity (Wildman–Crippen MR) is 73.7 cm³/mol. The second-order valence-electron chi connectivity index (χ2n) is 5.66. The molecule has 1 heterocycles. The van der Waals surface area contributed by atoms with Crippen LogP contribution in [0.5, 0.6) is 5.88 Å². The number of aromatic nitrogens is 2. The van der Waals surface area contributed by atoms with Crippen LogP contribution in [0.25, 0.3) is 0 Å². The molecule has 0 aliphatic rings. The molecule has 0 bridgehead atoms. The summed E-state index contributed by atoms with van der Waals surface area (Å²) in [4.78, 5) is 8.64. The summed E-state index contributed by atoms with van der Waals surface area (Å²) >= 11 is 0. The lowest BCUT2D eigenvalue weighted by Gasteiger charge is -2.24. The van der Waals surface area contributed by atoms with E-state index in [0.717, 1.165) is 25.1 Å². The van der Waals surface area contributed by atoms with Crippen molar-refractivity contribution in [3.05, 3.63) is 18.1 Å². The highest BCUT2D eigenvalue weighted by Crippen LogP contribution is 2.29. The second kappa shape index (κ2) is 6.69. The Bertz CT molecular complexity index is 360. The summed E-state index contributed by atoms with van der Waals surface area (Å²) in [7, 11) is 1.64. The fourth-order valence-corrected chi connectivity index (χ4v) is 1.89. The van der Waals surface area contributed by atoms with Crippen molar-refractivity contribution in [3.63, 3.8) is 0 Å². The van der Waals surface area contributed by atoms with Crippen molar-refractivity contribution in [1.29, 1.82) is 0 Å². The lowest BCUT2D eigenvalue weighted by atomic mass is 9.88. The third-order valence-electron chi connectivity index (χ3n) is 2.85. The molecule has 18 heavy (non-hydrogen) atoms. The summed E-state index contributed by atoms with van der Waals surface area (Å²) in [5.74, 6) is 0.623. The van der Waals surface area contributed by atoms with Crippen molar-refractivity contribution in [1.82, 2.24) is 15.3 Å². The molecule has 0 radical (unpaired) electrons. The molecule has 0 aliphatic heterocycles. The van der Waals surface area contributed by atoms with E-state index in [1.807, 2.05) is 0 Å². The summed E-state index contributed by atoms with van der Waals surface area (Å²) in [5.41, 5.74) is 1.23. The molecule has 1 aromatic rings. The first kappa shape index (κ1) is 14.9. The first-order valence-corrected chi connectivity index (χ1v) is 6.56. The Balaban J connectivity index is 2.83. The number of nitrogens with zero attached hydrogens (tertiary/aromatic N) is 2. The fraction of sp³-hybridized carbons (Fsp3) is 0.714. The van der Waals surface area contributed by atoms with Gasteiger partial charge in [-0.15, -0.1) is 0 Å². The van der Waals surface area contributed by atoms with Gasteiger partial charge < -0.3 is 10.1 Å². The van der Waals surface area contributed by atoms with Gasteiger partial charge in [0.1, 0.15) is 5.69 Å². The van der Waals surface area contributed by atoms with Crippen LogP contribution >= 0.6 is 0 Å². The Hall–Kier alpha value is -1.16. The number of hydrogen-bond acceptors (Lipinski definition) is 4. The molecule has 0 spiro atoms. The fourth-order valence-electron chi connectivity index (χ4n) is 1.89. The van der Waals surface area contributed by atoms with E-state index in [4.69, 9.17) is 4.74 Å². The third kappa shape index (κ3) is 4.61. The monoisotopic (exact) mass is 251 g/mol. The number of methoxy groups -OCH3 is 1. The molecule has 1 rings (SSSR count). The number of ether oxygens (including phenoxy) is 1. The van der Waals surface area contributed by atoms with Gasteiger partial charge in [0, 0.05) is 12.4 Å². The summed E-state index contributed by atoms with van der Waals surface area (Å²) in [5, 5.41) is 3.46. The Morgan fingerprint density at radius 2 is 1.94 bits per heavy atom. The smallest absolute Gasteiger partial charge is 0.236 e. The van der Waals surface area contributed by atoms with E-state index in [0.29, 0.717) is 11.3 Å². The molecule has 4 nitrogen and oxygen atoms in total. The van der Waals surface area contributed by atoms with Gasteiger partial charge in [-0.3, -0.25) is 4.98 Å². The molecule has 1 unspecified atom stereocenters. The summed E-state index contributed by atoms with van der Waals surface area (Å²) in [6.45, 7) is 9.78. The summed E-state index contributed by atoms with van der Waals surface area (Å²) in [6.07, 6.45) is 5.55. The lowest BCUT2D eigenvalue weighted by molar-refractivity contribution is 0.321. The SMILES string of the molecule is CCNC(CCC(C)(C)C)c1nccnc1OC. The van der Waals surface area contributed by atoms with Crippen LogP contribution in [0, 0.1) is 5.41 Å². The highest BCUT2D eigenvalue weighted by Gasteiger charge is 2.20. The summed E-state index contributed by atoms with van der Waals surface area (Å²) in [6, 6.07) is 0.206. The minimum atomic E-state index is 0.206. The first-order valence-electron chi connectivity index (χ1n) is 6.56. The van der Waals surface area contributed by atoms with E-state index in [-0.39, 0.29) is 6.04 Å². The van der Waals surface area contributed by atoms with E-state index in [2.05, 4.69) is 43.0 Å². The molecule has 0 saturated heterocycles. The van der Waals surface area contributed by atoms with Crippen LogP contribution in [-0.4, -0.2) is 23.6 Å². The zero-order valence-corrected chi connectivity index (χ0v) is 12.2. The van der Waals surface area contributed by atoms with Gasteiger partial charge in [0.2, 0.25) is 5.88 Å². The van der Waals surface area contributed by atoms with Crippen molar-refractivity contribution < 1.29 is 4.74 Å². The van der Waals surface area contributed by atoms with Gasteiger partial charge in [0.15, 0.2) is 0 Å². The van der Waals surface area contributed by atoms with Crippen LogP contribution in [-0.2, 0) is 0 Å². The minimum absolute atomic E-state index is 0.206. The maximum absolute atomic E-state index is 5.29. The van der Waals surface area contributed by atoms with Crippen LogP contribution < -0.4 is 10.1 Å². The number of rotatable bonds is 6. The van der Waals surface area contributed by atoms with Crippen LogP contribution in [0.2, 0.25) is 0 Å². The Kier molecular flexibility index (Phi) is 5.54. The van der Waals surface area contributed by atoms with Gasteiger partial charge in [-0.25, -0.2) is 4.98 Å². The molecule has 0 saturated carbocycles. The number of hydrogen-bond donors (Lipinski definition) is 1. The van der Waals surface area contributed by atoms with Crippen molar-refractivity contribution >= 4 is 0 Å². The molecular formula is C14H25N3O. The third-order valence-corrected chi connectivity index (χ3v) is 2.85. The Morgan fingerprint density at radius 1 is 1.28 bits per heavy atom. The lowest BCUT2D eigenvalue weighted by Crippen LogP contribution is -2.24. The molecule has 0 aliphatic carbocycles. The maximum atomic E-state index is 5.29. The van der Waals surface area contributed by atoms with Gasteiger partial charge in [-0.2, -0.15) is 0 Å². The first-order chi connectivity index (χ1) is 8.48. The predicted octanol–water partition coefficient (Wildman–Crippen LogP) is 2.96. The van der Waals surface area contributed by atoms with E-state index >= 15 is 0 Å². The average molecular weight is 251 g/mol. The van der Waals surface area contributed by atoms with E-state index in [9.17, 15) is 0 Å². The Morgan fingerprint density at radius 3 is 2.50 bits per heavy atom. The highest BCUT2D eigenvalue weighted by molar-refractivity contribution is 5.21. The molecule has 1 N–H and O–H groups in total. The molecule has 1 atom stereocenters. The minimum Gasteiger partial charge on any atom is -0.480 e. The van der Waals surface area contributed by atoms with Gasteiger partial charge in [0.05, 0.1) is 13.2 Å². The van der Waals surface area contributed by atoms with Gasteiger partial charge >= 0.3 is 0 Å². The molecule has 4 heteroatoms. The van der Waals surface area contributed by atoms with Crippen LogP contribution in [0.1, 0.15) is 52.3 Å². The van der Waals surface area contributed by atoms with E-state index < -0.39 is 0 Å². The Labute approximate surface area is 110 Å². The van der Waals surface area contributed by atoms with Gasteiger partial charge in [-0.1, -0.05) is 27.7 Å². The normalized spacial score (nSPS) is 13.4. The largest absolute Gasteiger partial charge is 0.480 e. The molecular weight excluding hydrogens is 226 g/mol. The quantitative estimate of drug-likeness (QED) is 0.844. The van der Waals surface area contributed by atoms with Crippen LogP contribution in [0.3, 0.4) is 0 Å². The molecule has 1 aromatic heterocycles. The van der Waals surface area contributed by atoms with E-state index in [1.165, 1.54) is 0 Å². The van der Waals surface area contributed by atoms with Crippen LogP contribution in [0.4, 0.5) is 0 Å². The molecule has 0 fully saturated rings. The average Bonchev–Trinajstić information content (AvgIpc) is 2.33. The van der Waals surface area contributed by atoms with Crippen molar-refractivity contribution in [2.45, 2.75) is 46.6 Å². The molecule has 102 valence electrons. The number of nitrogens with one attached hydrogen (secondary N) is 1. The van der Waals surface area contributed by atoms with Crippen molar-refractivity contribution in [2.24, 2.45) is 5.41 Å². The molecule has 0 amide bonds. The zero-order chi connectivity index (χ0) is 13.6. The van der Waals surface area contributed by atoms with Crippen LogP contribution in [0.15, 0.2) is 12.4 Å². The topological polar surface area (TPSA) is 47.0 Å².